The molecular formula is C21H34N6O2. The number of nitrogens with zero attached hydrogens (tertiary/aromatic N) is 4. The monoisotopic (exact) mass is 402 g/mol. The molecule has 2 aromatic heterocycles. The Balaban J connectivity index is 1.70. The number of amides is 1. The van der Waals surface area contributed by atoms with Crippen molar-refractivity contribution in [3.63, 3.8) is 0 Å². The number of ether oxygens (including phenoxy) is 1. The molecule has 0 radical (unpaired) electrons. The summed E-state index contributed by atoms with van der Waals surface area (Å²) in [4.78, 5) is 19.1. The number of rotatable bonds is 6. The van der Waals surface area contributed by atoms with E-state index in [1.807, 2.05) is 37.5 Å². The van der Waals surface area contributed by atoms with Crippen LogP contribution >= 0.6 is 0 Å². The Labute approximate surface area is 173 Å². The maximum Gasteiger partial charge on any atom is 0.407 e. The van der Waals surface area contributed by atoms with Crippen LogP contribution < -0.4 is 15.5 Å². The third kappa shape index (κ3) is 5.38. The van der Waals surface area contributed by atoms with Gasteiger partial charge in [0.15, 0.2) is 5.65 Å². The van der Waals surface area contributed by atoms with Crippen LogP contribution in [0.1, 0.15) is 64.8 Å². The lowest BCUT2D eigenvalue weighted by Crippen LogP contribution is -2.40. The standard InChI is InChI=1S/C21H34N6O2/c1-7-9-22-15(3)17-11-18-24-19(14(2)12-27(18)25-17)26-10-8-16(13-26)23-20(28)29-21(4,5)6/h11-12,15-16,22H,7-10,13H2,1-6H3,(H,23,28)/t15-,16-/m0/s1. The first-order valence-electron chi connectivity index (χ1n) is 10.5. The zero-order chi connectivity index (χ0) is 21.2. The number of hydrogen-bond acceptors (Lipinski definition) is 6. The quantitative estimate of drug-likeness (QED) is 0.772. The van der Waals surface area contributed by atoms with E-state index in [0.29, 0.717) is 0 Å². The summed E-state index contributed by atoms with van der Waals surface area (Å²) in [5, 5.41) is 11.1. The Kier molecular flexibility index (Phi) is 6.31. The van der Waals surface area contributed by atoms with Gasteiger partial charge in [-0.3, -0.25) is 0 Å². The predicted octanol–water partition coefficient (Wildman–Crippen LogP) is 3.20. The van der Waals surface area contributed by atoms with Gasteiger partial charge in [-0.2, -0.15) is 5.10 Å². The lowest BCUT2D eigenvalue weighted by molar-refractivity contribution is 0.0509. The van der Waals surface area contributed by atoms with E-state index in [1.165, 1.54) is 0 Å². The summed E-state index contributed by atoms with van der Waals surface area (Å²) in [5.41, 5.74) is 2.41. The highest BCUT2D eigenvalue weighted by Gasteiger charge is 2.28. The van der Waals surface area contributed by atoms with Crippen molar-refractivity contribution in [2.75, 3.05) is 24.5 Å². The fourth-order valence-electron chi connectivity index (χ4n) is 3.56. The summed E-state index contributed by atoms with van der Waals surface area (Å²) < 4.78 is 7.23. The third-order valence-corrected chi connectivity index (χ3v) is 4.98. The molecule has 1 aliphatic heterocycles. The smallest absolute Gasteiger partial charge is 0.407 e. The van der Waals surface area contributed by atoms with E-state index in [4.69, 9.17) is 9.72 Å². The molecule has 0 bridgehead atoms. The molecule has 2 atom stereocenters. The fraction of sp³-hybridized carbons (Fsp3) is 0.667. The summed E-state index contributed by atoms with van der Waals surface area (Å²) in [5.74, 6) is 0.951. The van der Waals surface area contributed by atoms with Crippen molar-refractivity contribution in [2.45, 2.75) is 72.1 Å². The van der Waals surface area contributed by atoms with E-state index < -0.39 is 5.60 Å². The molecule has 8 nitrogen and oxygen atoms in total. The maximum absolute atomic E-state index is 12.1. The largest absolute Gasteiger partial charge is 0.444 e. The maximum atomic E-state index is 12.1. The number of carbonyl (C=O) groups is 1. The normalized spacial score (nSPS) is 18.3. The van der Waals surface area contributed by atoms with Crippen molar-refractivity contribution in [3.8, 4) is 0 Å². The van der Waals surface area contributed by atoms with E-state index >= 15 is 0 Å². The molecule has 0 aliphatic carbocycles. The summed E-state index contributed by atoms with van der Waals surface area (Å²) in [6.45, 7) is 14.5. The minimum Gasteiger partial charge on any atom is -0.444 e. The molecule has 2 aromatic rings. The second-order valence-electron chi connectivity index (χ2n) is 8.87. The van der Waals surface area contributed by atoms with E-state index in [0.717, 1.165) is 55.2 Å². The van der Waals surface area contributed by atoms with Crippen molar-refractivity contribution in [1.29, 1.82) is 0 Å². The van der Waals surface area contributed by atoms with Crippen LogP contribution in [0, 0.1) is 6.92 Å². The molecular weight excluding hydrogens is 368 g/mol. The molecule has 0 saturated carbocycles. The number of carbonyl (C=O) groups excluding carboxylic acids is 1. The van der Waals surface area contributed by atoms with Gasteiger partial charge in [-0.25, -0.2) is 14.3 Å². The molecule has 29 heavy (non-hydrogen) atoms. The highest BCUT2D eigenvalue weighted by molar-refractivity contribution is 5.68. The molecule has 1 amide bonds. The van der Waals surface area contributed by atoms with Crippen LogP contribution in [-0.4, -0.2) is 52.0 Å². The Morgan fingerprint density at radius 3 is 2.86 bits per heavy atom. The van der Waals surface area contributed by atoms with Gasteiger partial charge < -0.3 is 20.3 Å². The third-order valence-electron chi connectivity index (χ3n) is 4.98. The van der Waals surface area contributed by atoms with Crippen LogP contribution in [0.15, 0.2) is 12.3 Å². The van der Waals surface area contributed by atoms with E-state index in [2.05, 4.69) is 41.4 Å². The molecule has 3 heterocycles. The lowest BCUT2D eigenvalue weighted by atomic mass is 10.2. The number of hydrogen-bond donors (Lipinski definition) is 2. The first-order valence-corrected chi connectivity index (χ1v) is 10.5. The summed E-state index contributed by atoms with van der Waals surface area (Å²) >= 11 is 0. The SMILES string of the molecule is CCCN[C@@H](C)c1cc2nc(N3CC[C@H](NC(=O)OC(C)(C)C)C3)c(C)cn2n1. The molecule has 1 saturated heterocycles. The molecule has 8 heteroatoms. The number of anilines is 1. The van der Waals surface area contributed by atoms with Gasteiger partial charge in [0.2, 0.25) is 0 Å². The van der Waals surface area contributed by atoms with Gasteiger partial charge >= 0.3 is 6.09 Å². The van der Waals surface area contributed by atoms with E-state index in [-0.39, 0.29) is 18.2 Å². The van der Waals surface area contributed by atoms with Crippen LogP contribution in [-0.2, 0) is 4.74 Å². The second-order valence-corrected chi connectivity index (χ2v) is 8.87. The lowest BCUT2D eigenvalue weighted by Gasteiger charge is -2.22. The first kappa shape index (κ1) is 21.4. The van der Waals surface area contributed by atoms with E-state index in [9.17, 15) is 4.79 Å². The Hall–Kier alpha value is -2.35. The highest BCUT2D eigenvalue weighted by atomic mass is 16.6. The predicted molar refractivity (Wildman–Crippen MR) is 114 cm³/mol. The van der Waals surface area contributed by atoms with E-state index in [1.54, 1.807) is 0 Å². The van der Waals surface area contributed by atoms with Crippen LogP contribution in [0.2, 0.25) is 0 Å². The molecule has 0 aromatic carbocycles. The molecule has 3 rings (SSSR count). The topological polar surface area (TPSA) is 83.8 Å². The Morgan fingerprint density at radius 1 is 1.41 bits per heavy atom. The average molecular weight is 403 g/mol. The van der Waals surface area contributed by atoms with Gasteiger partial charge in [-0.15, -0.1) is 0 Å². The first-order chi connectivity index (χ1) is 13.7. The van der Waals surface area contributed by atoms with Crippen molar-refractivity contribution in [1.82, 2.24) is 25.2 Å². The Morgan fingerprint density at radius 2 is 2.17 bits per heavy atom. The number of nitrogens with one attached hydrogen (secondary N) is 2. The minimum atomic E-state index is -0.492. The molecule has 1 fully saturated rings. The zero-order valence-electron chi connectivity index (χ0n) is 18.5. The van der Waals surface area contributed by atoms with Crippen LogP contribution in [0.5, 0.6) is 0 Å². The number of fused-ring (bicyclic) bond motifs is 1. The van der Waals surface area contributed by atoms with Crippen LogP contribution in [0.3, 0.4) is 0 Å². The van der Waals surface area contributed by atoms with Crippen molar-refractivity contribution in [2.24, 2.45) is 0 Å². The average Bonchev–Trinajstić information content (AvgIpc) is 3.23. The van der Waals surface area contributed by atoms with Crippen molar-refractivity contribution >= 4 is 17.6 Å². The highest BCUT2D eigenvalue weighted by Crippen LogP contribution is 2.24. The number of alkyl carbamates (subject to hydrolysis) is 1. The number of aryl methyl sites for hydroxylation is 1. The van der Waals surface area contributed by atoms with Gasteiger partial charge in [0, 0.05) is 37.0 Å². The minimum absolute atomic E-state index is 0.0565. The molecule has 160 valence electrons. The summed E-state index contributed by atoms with van der Waals surface area (Å²) in [7, 11) is 0. The van der Waals surface area contributed by atoms with Gasteiger partial charge in [-0.05, 0) is 54.0 Å². The van der Waals surface area contributed by atoms with Crippen LogP contribution in [0.25, 0.3) is 5.65 Å². The molecule has 1 aliphatic rings. The summed E-state index contributed by atoms with van der Waals surface area (Å²) in [6, 6.07) is 2.29. The molecule has 2 N–H and O–H groups in total. The van der Waals surface area contributed by atoms with Crippen molar-refractivity contribution in [3.05, 3.63) is 23.5 Å². The Bertz CT molecular complexity index is 857. The zero-order valence-corrected chi connectivity index (χ0v) is 18.5. The van der Waals surface area contributed by atoms with Gasteiger partial charge in [0.05, 0.1) is 11.7 Å². The summed E-state index contributed by atoms with van der Waals surface area (Å²) in [6.07, 6.45) is 3.63. The van der Waals surface area contributed by atoms with Crippen molar-refractivity contribution < 1.29 is 9.53 Å². The van der Waals surface area contributed by atoms with Gasteiger partial charge in [0.25, 0.3) is 0 Å². The fourth-order valence-corrected chi connectivity index (χ4v) is 3.56. The molecule has 0 spiro atoms. The molecule has 0 unspecified atom stereocenters. The van der Waals surface area contributed by atoms with Gasteiger partial charge in [0.1, 0.15) is 11.4 Å². The van der Waals surface area contributed by atoms with Crippen LogP contribution in [0.4, 0.5) is 10.6 Å². The second kappa shape index (κ2) is 8.57. The number of aromatic nitrogens is 3. The van der Waals surface area contributed by atoms with Gasteiger partial charge in [-0.1, -0.05) is 6.92 Å².